The SMILES string of the molecule is CCNC(=NCCCCN1CCN(C)CC1)N(C)CCOCC1CC1.I. The molecule has 0 unspecified atom stereocenters. The summed E-state index contributed by atoms with van der Waals surface area (Å²) in [5, 5.41) is 3.39. The maximum Gasteiger partial charge on any atom is 0.193 e. The van der Waals surface area contributed by atoms with Crippen LogP contribution in [0.2, 0.25) is 0 Å². The topological polar surface area (TPSA) is 43.3 Å². The average molecular weight is 481 g/mol. The van der Waals surface area contributed by atoms with Crippen LogP contribution in [0, 0.1) is 5.92 Å². The third-order valence-electron chi connectivity index (χ3n) is 5.06. The van der Waals surface area contributed by atoms with Gasteiger partial charge in [-0.15, -0.1) is 24.0 Å². The first-order valence-electron chi connectivity index (χ1n) is 10.2. The van der Waals surface area contributed by atoms with Crippen LogP contribution in [0.25, 0.3) is 0 Å². The van der Waals surface area contributed by atoms with Gasteiger partial charge in [0.25, 0.3) is 0 Å². The van der Waals surface area contributed by atoms with Crippen LogP contribution >= 0.6 is 24.0 Å². The van der Waals surface area contributed by atoms with Crippen molar-refractivity contribution < 1.29 is 4.74 Å². The number of hydrogen-bond acceptors (Lipinski definition) is 4. The van der Waals surface area contributed by atoms with Gasteiger partial charge in [0.15, 0.2) is 5.96 Å². The number of unbranched alkanes of at least 4 members (excludes halogenated alkanes) is 1. The molecule has 0 atom stereocenters. The van der Waals surface area contributed by atoms with E-state index in [2.05, 4.69) is 41.0 Å². The average Bonchev–Trinajstić information content (AvgIpc) is 3.43. The Kier molecular flexibility index (Phi) is 12.8. The highest BCUT2D eigenvalue weighted by Gasteiger charge is 2.21. The van der Waals surface area contributed by atoms with E-state index in [1.54, 1.807) is 0 Å². The molecule has 2 rings (SSSR count). The lowest BCUT2D eigenvalue weighted by molar-refractivity contribution is 0.115. The first-order valence-corrected chi connectivity index (χ1v) is 10.2. The summed E-state index contributed by atoms with van der Waals surface area (Å²) in [5.74, 6) is 1.85. The molecule has 2 aliphatic rings. The van der Waals surface area contributed by atoms with Crippen LogP contribution in [0.5, 0.6) is 0 Å². The molecule has 26 heavy (non-hydrogen) atoms. The summed E-state index contributed by atoms with van der Waals surface area (Å²) in [6.45, 7) is 12.6. The van der Waals surface area contributed by atoms with Crippen molar-refractivity contribution in [3.63, 3.8) is 0 Å². The number of hydrogen-bond donors (Lipinski definition) is 1. The fourth-order valence-electron chi connectivity index (χ4n) is 3.02. The maximum absolute atomic E-state index is 5.74. The predicted octanol–water partition coefficient (Wildman–Crippen LogP) is 1.96. The van der Waals surface area contributed by atoms with E-state index in [4.69, 9.17) is 9.73 Å². The van der Waals surface area contributed by atoms with Crippen LogP contribution in [-0.2, 0) is 4.74 Å². The smallest absolute Gasteiger partial charge is 0.193 e. The summed E-state index contributed by atoms with van der Waals surface area (Å²) in [4.78, 5) is 12.0. The molecule has 1 aliphatic heterocycles. The number of ether oxygens (including phenoxy) is 1. The van der Waals surface area contributed by atoms with Crippen LogP contribution in [-0.4, -0.2) is 100 Å². The summed E-state index contributed by atoms with van der Waals surface area (Å²) in [6, 6.07) is 0. The van der Waals surface area contributed by atoms with Gasteiger partial charge in [0.2, 0.25) is 0 Å². The highest BCUT2D eigenvalue weighted by atomic mass is 127. The van der Waals surface area contributed by atoms with E-state index in [-0.39, 0.29) is 24.0 Å². The summed E-state index contributed by atoms with van der Waals surface area (Å²) >= 11 is 0. The molecule has 1 saturated carbocycles. The molecule has 7 heteroatoms. The minimum Gasteiger partial charge on any atom is -0.379 e. The zero-order valence-electron chi connectivity index (χ0n) is 17.1. The number of nitrogens with one attached hydrogen (secondary N) is 1. The third kappa shape index (κ3) is 10.3. The van der Waals surface area contributed by atoms with Crippen LogP contribution in [0.15, 0.2) is 4.99 Å². The molecule has 2 fully saturated rings. The fourth-order valence-corrected chi connectivity index (χ4v) is 3.02. The summed E-state index contributed by atoms with van der Waals surface area (Å²) < 4.78 is 5.74. The second-order valence-electron chi connectivity index (χ2n) is 7.53. The molecule has 0 radical (unpaired) electrons. The van der Waals surface area contributed by atoms with Crippen molar-refractivity contribution in [1.82, 2.24) is 20.0 Å². The lowest BCUT2D eigenvalue weighted by Gasteiger charge is -2.32. The predicted molar refractivity (Wildman–Crippen MR) is 121 cm³/mol. The van der Waals surface area contributed by atoms with E-state index in [0.717, 1.165) is 51.1 Å². The molecule has 0 aromatic carbocycles. The summed E-state index contributed by atoms with van der Waals surface area (Å²) in [5.41, 5.74) is 0. The number of nitrogens with zero attached hydrogens (tertiary/aromatic N) is 4. The Balaban J connectivity index is 0.00000338. The van der Waals surface area contributed by atoms with E-state index in [1.807, 2.05) is 0 Å². The van der Waals surface area contributed by atoms with E-state index in [1.165, 1.54) is 52.0 Å². The lowest BCUT2D eigenvalue weighted by Crippen LogP contribution is -2.44. The quantitative estimate of drug-likeness (QED) is 0.212. The first-order chi connectivity index (χ1) is 12.2. The molecule has 0 amide bonds. The van der Waals surface area contributed by atoms with Gasteiger partial charge >= 0.3 is 0 Å². The first kappa shape index (κ1) is 23.9. The molecule has 6 nitrogen and oxygen atoms in total. The fraction of sp³-hybridized carbons (Fsp3) is 0.947. The Hall–Kier alpha value is -0.120. The minimum absolute atomic E-state index is 0. The van der Waals surface area contributed by atoms with Crippen LogP contribution < -0.4 is 5.32 Å². The van der Waals surface area contributed by atoms with Gasteiger partial charge in [0, 0.05) is 59.5 Å². The number of likely N-dealkylation sites (N-methyl/N-ethyl adjacent to an activating group) is 2. The van der Waals surface area contributed by atoms with Crippen molar-refractivity contribution in [3.8, 4) is 0 Å². The van der Waals surface area contributed by atoms with Crippen LogP contribution in [0.1, 0.15) is 32.6 Å². The van der Waals surface area contributed by atoms with Crippen molar-refractivity contribution in [1.29, 1.82) is 0 Å². The molecular formula is C19H40IN5O. The van der Waals surface area contributed by atoms with Crippen molar-refractivity contribution in [2.45, 2.75) is 32.6 Å². The second kappa shape index (κ2) is 14.0. The van der Waals surface area contributed by atoms with Crippen molar-refractivity contribution >= 4 is 29.9 Å². The highest BCUT2D eigenvalue weighted by Crippen LogP contribution is 2.28. The van der Waals surface area contributed by atoms with Gasteiger partial charge in [-0.05, 0) is 52.1 Å². The normalized spacial score (nSPS) is 19.3. The van der Waals surface area contributed by atoms with E-state index in [9.17, 15) is 0 Å². The molecule has 0 spiro atoms. The van der Waals surface area contributed by atoms with Crippen molar-refractivity contribution in [2.75, 3.05) is 79.7 Å². The lowest BCUT2D eigenvalue weighted by atomic mass is 10.2. The minimum atomic E-state index is 0. The molecule has 0 aromatic heterocycles. The third-order valence-corrected chi connectivity index (χ3v) is 5.06. The number of halogens is 1. The standard InChI is InChI=1S/C19H39N5O.HI/c1-4-20-19(23(3)15-16-25-17-18-7-8-18)21-9-5-6-10-24-13-11-22(2)12-14-24;/h18H,4-17H2,1-3H3,(H,20,21);1H. The molecule has 154 valence electrons. The van der Waals surface area contributed by atoms with Gasteiger partial charge < -0.3 is 24.8 Å². The molecule has 0 bridgehead atoms. The number of rotatable bonds is 11. The summed E-state index contributed by atoms with van der Waals surface area (Å²) in [6.07, 6.45) is 5.11. The van der Waals surface area contributed by atoms with E-state index in [0.29, 0.717) is 0 Å². The molecular weight excluding hydrogens is 441 g/mol. The second-order valence-corrected chi connectivity index (χ2v) is 7.53. The van der Waals surface area contributed by atoms with E-state index >= 15 is 0 Å². The van der Waals surface area contributed by atoms with Gasteiger partial charge in [-0.2, -0.15) is 0 Å². The largest absolute Gasteiger partial charge is 0.379 e. The Morgan fingerprint density at radius 2 is 1.92 bits per heavy atom. The number of aliphatic imine (C=N–C) groups is 1. The van der Waals surface area contributed by atoms with Crippen LogP contribution in [0.4, 0.5) is 0 Å². The molecule has 0 aromatic rings. The van der Waals surface area contributed by atoms with Gasteiger partial charge in [0.1, 0.15) is 0 Å². The van der Waals surface area contributed by atoms with Crippen molar-refractivity contribution in [3.05, 3.63) is 0 Å². The zero-order chi connectivity index (χ0) is 17.9. The van der Waals surface area contributed by atoms with Gasteiger partial charge in [-0.3, -0.25) is 4.99 Å². The molecule has 1 saturated heterocycles. The van der Waals surface area contributed by atoms with Crippen LogP contribution in [0.3, 0.4) is 0 Å². The monoisotopic (exact) mass is 481 g/mol. The number of piperazine rings is 1. The van der Waals surface area contributed by atoms with Gasteiger partial charge in [-0.1, -0.05) is 0 Å². The molecule has 1 heterocycles. The maximum atomic E-state index is 5.74. The zero-order valence-corrected chi connectivity index (χ0v) is 19.4. The van der Waals surface area contributed by atoms with Gasteiger partial charge in [0.05, 0.1) is 6.61 Å². The Morgan fingerprint density at radius 3 is 2.58 bits per heavy atom. The summed E-state index contributed by atoms with van der Waals surface area (Å²) in [7, 11) is 4.31. The Morgan fingerprint density at radius 1 is 1.19 bits per heavy atom. The van der Waals surface area contributed by atoms with E-state index < -0.39 is 0 Å². The Labute approximate surface area is 177 Å². The Bertz CT molecular complexity index is 384. The molecule has 1 aliphatic carbocycles. The van der Waals surface area contributed by atoms with Gasteiger partial charge in [-0.25, -0.2) is 0 Å². The van der Waals surface area contributed by atoms with Crippen molar-refractivity contribution in [2.24, 2.45) is 10.9 Å². The molecule has 1 N–H and O–H groups in total. The number of guanidine groups is 1. The highest BCUT2D eigenvalue weighted by molar-refractivity contribution is 14.0.